The second-order valence-electron chi connectivity index (χ2n) is 5.17. The maximum absolute atomic E-state index is 11.9. The highest BCUT2D eigenvalue weighted by molar-refractivity contribution is 5.85. The third kappa shape index (κ3) is 3.07. The van der Waals surface area contributed by atoms with Crippen LogP contribution in [0, 0.1) is 5.92 Å². The minimum atomic E-state index is -1.02. The summed E-state index contributed by atoms with van der Waals surface area (Å²) in [5.74, 6) is -0.814. The van der Waals surface area contributed by atoms with Gasteiger partial charge in [0.2, 0.25) is 5.91 Å². The Bertz CT molecular complexity index is 491. The lowest BCUT2D eigenvalue weighted by Gasteiger charge is -2.36. The number of aromatic carboxylic acids is 1. The smallest absolute Gasteiger partial charge is 0.354 e. The van der Waals surface area contributed by atoms with Crippen LogP contribution in [-0.4, -0.2) is 53.0 Å². The van der Waals surface area contributed by atoms with Crippen molar-refractivity contribution < 1.29 is 14.7 Å². The number of nitrogens with zero attached hydrogens (tertiary/aromatic N) is 3. The van der Waals surface area contributed by atoms with E-state index >= 15 is 0 Å². The highest BCUT2D eigenvalue weighted by Crippen LogP contribution is 2.16. The van der Waals surface area contributed by atoms with E-state index in [2.05, 4.69) is 9.88 Å². The van der Waals surface area contributed by atoms with Crippen LogP contribution in [0.1, 0.15) is 24.3 Å². The first-order valence-electron chi connectivity index (χ1n) is 6.72. The normalized spacial score (nSPS) is 15.6. The zero-order valence-corrected chi connectivity index (χ0v) is 11.7. The maximum atomic E-state index is 11.9. The number of amides is 1. The number of pyridine rings is 1. The Morgan fingerprint density at radius 2 is 1.85 bits per heavy atom. The van der Waals surface area contributed by atoms with Crippen molar-refractivity contribution in [1.29, 1.82) is 0 Å². The minimum absolute atomic E-state index is 0.0260. The lowest BCUT2D eigenvalue weighted by atomic mass is 10.1. The fourth-order valence-electron chi connectivity index (χ4n) is 2.25. The molecule has 2 heterocycles. The Labute approximate surface area is 118 Å². The van der Waals surface area contributed by atoms with Crippen LogP contribution < -0.4 is 4.90 Å². The van der Waals surface area contributed by atoms with E-state index < -0.39 is 5.97 Å². The molecule has 1 N–H and O–H groups in total. The van der Waals surface area contributed by atoms with Crippen LogP contribution in [0.2, 0.25) is 0 Å². The number of hydrogen-bond acceptors (Lipinski definition) is 4. The molecule has 6 nitrogen and oxygen atoms in total. The predicted octanol–water partition coefficient (Wildman–Crippen LogP) is 1.08. The summed E-state index contributed by atoms with van der Waals surface area (Å²) >= 11 is 0. The summed E-state index contributed by atoms with van der Waals surface area (Å²) in [6.45, 7) is 6.68. The van der Waals surface area contributed by atoms with Gasteiger partial charge in [-0.1, -0.05) is 13.8 Å². The van der Waals surface area contributed by atoms with Gasteiger partial charge in [0.25, 0.3) is 0 Å². The zero-order valence-electron chi connectivity index (χ0n) is 11.7. The Kier molecular flexibility index (Phi) is 4.22. The molecule has 1 aliphatic rings. The van der Waals surface area contributed by atoms with Gasteiger partial charge in [0.05, 0.1) is 11.9 Å². The Morgan fingerprint density at radius 3 is 2.30 bits per heavy atom. The third-order valence-electron chi connectivity index (χ3n) is 3.42. The standard InChI is InChI=1S/C14H19N3O3/c1-10(2)13(18)17-7-5-16(6-8-17)11-3-4-12(14(19)20)15-9-11/h3-4,9-10H,5-8H2,1-2H3,(H,19,20). The molecule has 0 radical (unpaired) electrons. The highest BCUT2D eigenvalue weighted by atomic mass is 16.4. The number of anilines is 1. The number of hydrogen-bond donors (Lipinski definition) is 1. The summed E-state index contributed by atoms with van der Waals surface area (Å²) < 4.78 is 0. The summed E-state index contributed by atoms with van der Waals surface area (Å²) in [6.07, 6.45) is 1.57. The molecule has 1 saturated heterocycles. The van der Waals surface area contributed by atoms with Crippen molar-refractivity contribution in [2.45, 2.75) is 13.8 Å². The van der Waals surface area contributed by atoms with E-state index in [4.69, 9.17) is 5.11 Å². The lowest BCUT2D eigenvalue weighted by molar-refractivity contribution is -0.134. The Hall–Kier alpha value is -2.11. The minimum Gasteiger partial charge on any atom is -0.477 e. The van der Waals surface area contributed by atoms with E-state index in [1.54, 1.807) is 12.3 Å². The van der Waals surface area contributed by atoms with Crippen LogP contribution in [0.4, 0.5) is 5.69 Å². The number of carboxylic acids is 1. The van der Waals surface area contributed by atoms with Gasteiger partial charge in [-0.2, -0.15) is 0 Å². The van der Waals surface area contributed by atoms with Gasteiger partial charge in [0.15, 0.2) is 0 Å². The number of aromatic nitrogens is 1. The number of rotatable bonds is 3. The van der Waals surface area contributed by atoms with Crippen LogP contribution in [0.15, 0.2) is 18.3 Å². The SMILES string of the molecule is CC(C)C(=O)N1CCN(c2ccc(C(=O)O)nc2)CC1. The van der Waals surface area contributed by atoms with Gasteiger partial charge in [0.1, 0.15) is 5.69 Å². The van der Waals surface area contributed by atoms with E-state index in [0.29, 0.717) is 13.1 Å². The van der Waals surface area contributed by atoms with E-state index in [-0.39, 0.29) is 17.5 Å². The van der Waals surface area contributed by atoms with Gasteiger partial charge in [-0.3, -0.25) is 4.79 Å². The molecule has 1 amide bonds. The molecule has 1 aromatic rings. The zero-order chi connectivity index (χ0) is 14.7. The van der Waals surface area contributed by atoms with Crippen molar-refractivity contribution in [3.8, 4) is 0 Å². The quantitative estimate of drug-likeness (QED) is 0.895. The Morgan fingerprint density at radius 1 is 1.20 bits per heavy atom. The van der Waals surface area contributed by atoms with Gasteiger partial charge >= 0.3 is 5.97 Å². The molecule has 0 spiro atoms. The summed E-state index contributed by atoms with van der Waals surface area (Å²) in [7, 11) is 0. The van der Waals surface area contributed by atoms with Crippen molar-refractivity contribution >= 4 is 17.6 Å². The summed E-state index contributed by atoms with van der Waals surface area (Å²) in [6, 6.07) is 3.26. The van der Waals surface area contributed by atoms with Crippen LogP contribution in [0.25, 0.3) is 0 Å². The second-order valence-corrected chi connectivity index (χ2v) is 5.17. The van der Waals surface area contributed by atoms with Crippen molar-refractivity contribution in [2.75, 3.05) is 31.1 Å². The maximum Gasteiger partial charge on any atom is 0.354 e. The second kappa shape index (κ2) is 5.90. The molecule has 0 aromatic carbocycles. The van der Waals surface area contributed by atoms with Crippen LogP contribution in [-0.2, 0) is 4.79 Å². The molecule has 0 saturated carbocycles. The van der Waals surface area contributed by atoms with Gasteiger partial charge < -0.3 is 14.9 Å². The fourth-order valence-corrected chi connectivity index (χ4v) is 2.25. The summed E-state index contributed by atoms with van der Waals surface area (Å²) in [5.41, 5.74) is 0.939. The average Bonchev–Trinajstić information content (AvgIpc) is 2.46. The molecule has 0 unspecified atom stereocenters. The van der Waals surface area contributed by atoms with Crippen LogP contribution in [0.5, 0.6) is 0 Å². The number of piperazine rings is 1. The van der Waals surface area contributed by atoms with Crippen LogP contribution >= 0.6 is 0 Å². The number of carbonyl (C=O) groups excluding carboxylic acids is 1. The van der Waals surface area contributed by atoms with Crippen molar-refractivity contribution in [1.82, 2.24) is 9.88 Å². The lowest BCUT2D eigenvalue weighted by Crippen LogP contribution is -2.49. The molecular weight excluding hydrogens is 258 g/mol. The molecule has 1 aromatic heterocycles. The summed E-state index contributed by atoms with van der Waals surface area (Å²) in [5, 5.41) is 8.81. The average molecular weight is 277 g/mol. The number of carboxylic acid groups (broad SMARTS) is 1. The van der Waals surface area contributed by atoms with E-state index in [1.165, 1.54) is 6.07 Å². The van der Waals surface area contributed by atoms with Gasteiger partial charge in [0, 0.05) is 32.1 Å². The largest absolute Gasteiger partial charge is 0.477 e. The first-order valence-corrected chi connectivity index (χ1v) is 6.72. The molecule has 20 heavy (non-hydrogen) atoms. The van der Waals surface area contributed by atoms with E-state index in [1.807, 2.05) is 18.7 Å². The van der Waals surface area contributed by atoms with Gasteiger partial charge in [-0.05, 0) is 12.1 Å². The molecule has 1 aliphatic heterocycles. The first-order chi connectivity index (χ1) is 9.49. The molecular formula is C14H19N3O3. The Balaban J connectivity index is 1.97. The van der Waals surface area contributed by atoms with E-state index in [9.17, 15) is 9.59 Å². The van der Waals surface area contributed by atoms with Crippen LogP contribution in [0.3, 0.4) is 0 Å². The van der Waals surface area contributed by atoms with Crippen molar-refractivity contribution in [3.05, 3.63) is 24.0 Å². The molecule has 2 rings (SSSR count). The van der Waals surface area contributed by atoms with Gasteiger partial charge in [-0.15, -0.1) is 0 Å². The molecule has 1 fully saturated rings. The monoisotopic (exact) mass is 277 g/mol. The molecule has 108 valence electrons. The topological polar surface area (TPSA) is 73.7 Å². The molecule has 0 aliphatic carbocycles. The predicted molar refractivity (Wildman–Crippen MR) is 74.8 cm³/mol. The summed E-state index contributed by atoms with van der Waals surface area (Å²) in [4.78, 5) is 30.5. The first kappa shape index (κ1) is 14.3. The third-order valence-corrected chi connectivity index (χ3v) is 3.42. The fraction of sp³-hybridized carbons (Fsp3) is 0.500. The van der Waals surface area contributed by atoms with E-state index in [0.717, 1.165) is 18.8 Å². The molecule has 6 heteroatoms. The highest BCUT2D eigenvalue weighted by Gasteiger charge is 2.23. The molecule has 0 bridgehead atoms. The van der Waals surface area contributed by atoms with Crippen molar-refractivity contribution in [2.24, 2.45) is 5.92 Å². The van der Waals surface area contributed by atoms with Gasteiger partial charge in [-0.25, -0.2) is 9.78 Å². The van der Waals surface area contributed by atoms with Crippen molar-refractivity contribution in [3.63, 3.8) is 0 Å². The number of carbonyl (C=O) groups is 2. The molecule has 0 atom stereocenters.